The van der Waals surface area contributed by atoms with Crippen LogP contribution < -0.4 is 5.32 Å². The maximum Gasteiger partial charge on any atom is 0.294 e. The predicted octanol–water partition coefficient (Wildman–Crippen LogP) is 3.26. The molecule has 3 amide bonds. The number of benzene rings is 1. The quantitative estimate of drug-likeness (QED) is 0.863. The van der Waals surface area contributed by atoms with Gasteiger partial charge in [-0.25, -0.2) is 0 Å². The number of carbonyl (C=O) groups excluding carboxylic acids is 3. The van der Waals surface area contributed by atoms with Crippen LogP contribution in [0.3, 0.4) is 0 Å². The van der Waals surface area contributed by atoms with Crippen molar-refractivity contribution in [2.24, 2.45) is 0 Å². The fourth-order valence-electron chi connectivity index (χ4n) is 2.16. The molecule has 1 fully saturated rings. The van der Waals surface area contributed by atoms with E-state index in [-0.39, 0.29) is 11.4 Å². The summed E-state index contributed by atoms with van der Waals surface area (Å²) in [7, 11) is 0. The molecule has 0 atom stereocenters. The number of rotatable bonds is 4. The van der Waals surface area contributed by atoms with Crippen LogP contribution in [0.1, 0.15) is 11.5 Å². The smallest absolute Gasteiger partial charge is 0.294 e. The molecule has 24 heavy (non-hydrogen) atoms. The Morgan fingerprint density at radius 1 is 1.21 bits per heavy atom. The number of para-hydroxylation sites is 1. The lowest BCUT2D eigenvalue weighted by molar-refractivity contribution is -0.127. The number of aryl methyl sites for hydroxylation is 1. The summed E-state index contributed by atoms with van der Waals surface area (Å²) in [6, 6.07) is 12.3. The molecule has 1 N–H and O–H groups in total. The fraction of sp³-hybridized carbons (Fsp3) is 0.118. The molecule has 0 radical (unpaired) electrons. The van der Waals surface area contributed by atoms with Gasteiger partial charge in [-0.2, -0.15) is 0 Å². The van der Waals surface area contributed by atoms with Crippen molar-refractivity contribution >= 4 is 40.6 Å². The molecule has 122 valence electrons. The molecule has 1 aromatic heterocycles. The highest BCUT2D eigenvalue weighted by atomic mass is 32.2. The molecular formula is C17H14N2O4S. The summed E-state index contributed by atoms with van der Waals surface area (Å²) < 4.78 is 5.37. The van der Waals surface area contributed by atoms with E-state index >= 15 is 0 Å². The first-order chi connectivity index (χ1) is 11.5. The molecule has 6 nitrogen and oxygen atoms in total. The van der Waals surface area contributed by atoms with E-state index < -0.39 is 17.1 Å². The Hall–Kier alpha value is -2.80. The van der Waals surface area contributed by atoms with E-state index in [2.05, 4.69) is 5.32 Å². The molecule has 3 rings (SSSR count). The average Bonchev–Trinajstić information content (AvgIpc) is 3.07. The SMILES string of the molecule is Cc1ccc(/C=C2/SC(=O)N(CC(=O)Nc3ccccc3)C2=O)o1. The van der Waals surface area contributed by atoms with Crippen molar-refractivity contribution in [2.45, 2.75) is 6.92 Å². The average molecular weight is 342 g/mol. The summed E-state index contributed by atoms with van der Waals surface area (Å²) in [6.07, 6.45) is 1.51. The van der Waals surface area contributed by atoms with Gasteiger partial charge in [0.2, 0.25) is 5.91 Å². The van der Waals surface area contributed by atoms with Crippen molar-refractivity contribution < 1.29 is 18.8 Å². The normalized spacial score (nSPS) is 16.0. The molecule has 2 heterocycles. The van der Waals surface area contributed by atoms with E-state index in [9.17, 15) is 14.4 Å². The molecular weight excluding hydrogens is 328 g/mol. The van der Waals surface area contributed by atoms with Gasteiger partial charge in [0.05, 0.1) is 4.91 Å². The minimum Gasteiger partial charge on any atom is -0.462 e. The lowest BCUT2D eigenvalue weighted by Crippen LogP contribution is -2.36. The molecule has 1 aliphatic heterocycles. The number of anilines is 1. The summed E-state index contributed by atoms with van der Waals surface area (Å²) in [5.74, 6) is 0.273. The van der Waals surface area contributed by atoms with Crippen LogP contribution in [0.25, 0.3) is 6.08 Å². The van der Waals surface area contributed by atoms with Crippen LogP contribution in [0.15, 0.2) is 51.8 Å². The Balaban J connectivity index is 1.68. The van der Waals surface area contributed by atoms with Gasteiger partial charge in [0, 0.05) is 11.8 Å². The number of carbonyl (C=O) groups is 3. The molecule has 7 heteroatoms. The number of imide groups is 1. The van der Waals surface area contributed by atoms with E-state index in [1.54, 1.807) is 43.3 Å². The topological polar surface area (TPSA) is 79.6 Å². The van der Waals surface area contributed by atoms with E-state index in [1.165, 1.54) is 6.08 Å². The maximum atomic E-state index is 12.3. The number of nitrogens with one attached hydrogen (secondary N) is 1. The monoisotopic (exact) mass is 342 g/mol. The molecule has 0 aliphatic carbocycles. The highest BCUT2D eigenvalue weighted by molar-refractivity contribution is 8.18. The molecule has 2 aromatic rings. The van der Waals surface area contributed by atoms with E-state index in [0.29, 0.717) is 17.2 Å². The lowest BCUT2D eigenvalue weighted by atomic mass is 10.3. The number of hydrogen-bond acceptors (Lipinski definition) is 5. The van der Waals surface area contributed by atoms with Crippen molar-refractivity contribution in [3.05, 3.63) is 58.9 Å². The number of furan rings is 1. The van der Waals surface area contributed by atoms with Crippen LogP contribution in [0.2, 0.25) is 0 Å². The molecule has 0 spiro atoms. The van der Waals surface area contributed by atoms with E-state index in [4.69, 9.17) is 4.42 Å². The van der Waals surface area contributed by atoms with Gasteiger partial charge in [-0.05, 0) is 43.0 Å². The molecule has 1 aromatic carbocycles. The zero-order chi connectivity index (χ0) is 17.1. The first kappa shape index (κ1) is 16.1. The Labute approximate surface area is 142 Å². The predicted molar refractivity (Wildman–Crippen MR) is 91.2 cm³/mol. The van der Waals surface area contributed by atoms with Crippen LogP contribution in [0.5, 0.6) is 0 Å². The largest absolute Gasteiger partial charge is 0.462 e. The standard InChI is InChI=1S/C17H14N2O4S/c1-11-7-8-13(23-11)9-14-16(21)19(17(22)24-14)10-15(20)18-12-5-3-2-4-6-12/h2-9H,10H2,1H3,(H,18,20)/b14-9+. The van der Waals surface area contributed by atoms with Crippen molar-refractivity contribution in [3.63, 3.8) is 0 Å². The van der Waals surface area contributed by atoms with Gasteiger partial charge in [0.1, 0.15) is 18.1 Å². The Morgan fingerprint density at radius 3 is 2.62 bits per heavy atom. The number of hydrogen-bond donors (Lipinski definition) is 1. The number of amides is 3. The molecule has 1 saturated heterocycles. The first-order valence-electron chi connectivity index (χ1n) is 7.19. The second-order valence-corrected chi connectivity index (χ2v) is 6.12. The summed E-state index contributed by atoms with van der Waals surface area (Å²) >= 11 is 0.793. The summed E-state index contributed by atoms with van der Waals surface area (Å²) in [4.78, 5) is 37.5. The number of thioether (sulfide) groups is 1. The molecule has 0 bridgehead atoms. The highest BCUT2D eigenvalue weighted by Gasteiger charge is 2.36. The first-order valence-corrected chi connectivity index (χ1v) is 8.01. The van der Waals surface area contributed by atoms with Gasteiger partial charge in [0.25, 0.3) is 11.1 Å². The van der Waals surface area contributed by atoms with Gasteiger partial charge in [0.15, 0.2) is 0 Å². The van der Waals surface area contributed by atoms with Gasteiger partial charge < -0.3 is 9.73 Å². The Kier molecular flexibility index (Phi) is 4.52. The highest BCUT2D eigenvalue weighted by Crippen LogP contribution is 2.32. The summed E-state index contributed by atoms with van der Waals surface area (Å²) in [5, 5.41) is 2.17. The Bertz CT molecular complexity index is 826. The zero-order valence-electron chi connectivity index (χ0n) is 12.8. The van der Waals surface area contributed by atoms with E-state index in [0.717, 1.165) is 16.7 Å². The molecule has 0 unspecified atom stereocenters. The van der Waals surface area contributed by atoms with Crippen LogP contribution >= 0.6 is 11.8 Å². The second kappa shape index (κ2) is 6.76. The van der Waals surface area contributed by atoms with Crippen LogP contribution in [0.4, 0.5) is 10.5 Å². The minimum absolute atomic E-state index is 0.238. The zero-order valence-corrected chi connectivity index (χ0v) is 13.6. The Morgan fingerprint density at radius 2 is 1.96 bits per heavy atom. The maximum absolute atomic E-state index is 12.3. The molecule has 1 aliphatic rings. The lowest BCUT2D eigenvalue weighted by Gasteiger charge is -2.12. The van der Waals surface area contributed by atoms with Crippen molar-refractivity contribution in [1.29, 1.82) is 0 Å². The van der Waals surface area contributed by atoms with Gasteiger partial charge >= 0.3 is 0 Å². The summed E-state index contributed by atoms with van der Waals surface area (Å²) in [5.41, 5.74) is 0.607. The summed E-state index contributed by atoms with van der Waals surface area (Å²) in [6.45, 7) is 1.46. The second-order valence-electron chi connectivity index (χ2n) is 5.13. The van der Waals surface area contributed by atoms with Crippen LogP contribution in [0, 0.1) is 6.92 Å². The van der Waals surface area contributed by atoms with Crippen LogP contribution in [-0.4, -0.2) is 28.5 Å². The third-order valence-electron chi connectivity index (χ3n) is 3.27. The van der Waals surface area contributed by atoms with Crippen molar-refractivity contribution in [2.75, 3.05) is 11.9 Å². The number of nitrogens with zero attached hydrogens (tertiary/aromatic N) is 1. The van der Waals surface area contributed by atoms with Gasteiger partial charge in [-0.1, -0.05) is 18.2 Å². The minimum atomic E-state index is -0.498. The van der Waals surface area contributed by atoms with E-state index in [1.807, 2.05) is 6.07 Å². The van der Waals surface area contributed by atoms with Crippen molar-refractivity contribution in [1.82, 2.24) is 4.90 Å². The van der Waals surface area contributed by atoms with Gasteiger partial charge in [-0.15, -0.1) is 0 Å². The third kappa shape index (κ3) is 3.57. The van der Waals surface area contributed by atoms with Gasteiger partial charge in [-0.3, -0.25) is 19.3 Å². The van der Waals surface area contributed by atoms with Crippen LogP contribution in [-0.2, 0) is 9.59 Å². The molecule has 0 saturated carbocycles. The fourth-order valence-corrected chi connectivity index (χ4v) is 2.98. The van der Waals surface area contributed by atoms with Crippen molar-refractivity contribution in [3.8, 4) is 0 Å². The third-order valence-corrected chi connectivity index (χ3v) is 4.17.